The summed E-state index contributed by atoms with van der Waals surface area (Å²) in [5.74, 6) is -2.49. The number of phosphoric ester groups is 1. The van der Waals surface area contributed by atoms with E-state index in [1.54, 1.807) is 0 Å². The first kappa shape index (κ1) is 53.9. The van der Waals surface area contributed by atoms with Crippen molar-refractivity contribution in [2.45, 2.75) is 174 Å². The number of rotatable bonds is 39. The number of unbranched alkanes of at least 4 members (excludes halogenated alkanes) is 13. The molecule has 0 aromatic heterocycles. The lowest BCUT2D eigenvalue weighted by Gasteiger charge is -2.20. The highest BCUT2D eigenvalue weighted by Gasteiger charge is 2.28. The van der Waals surface area contributed by atoms with Crippen LogP contribution in [0.3, 0.4) is 0 Å². The summed E-state index contributed by atoms with van der Waals surface area (Å²) in [7, 11) is -4.73. The van der Waals surface area contributed by atoms with Crippen LogP contribution in [0.2, 0.25) is 0 Å². The number of hydrogen-bond acceptors (Lipinski definition) is 9. The van der Waals surface area contributed by atoms with Gasteiger partial charge in [0, 0.05) is 12.8 Å². The van der Waals surface area contributed by atoms with Gasteiger partial charge < -0.3 is 25.2 Å². The molecule has 0 saturated carbocycles. The van der Waals surface area contributed by atoms with Crippen LogP contribution in [-0.4, -0.2) is 59.9 Å². The van der Waals surface area contributed by atoms with Gasteiger partial charge in [0.2, 0.25) is 0 Å². The number of carboxylic acid groups (broad SMARTS) is 1. The number of hydrogen-bond donors (Lipinski definition) is 3. The van der Waals surface area contributed by atoms with Crippen molar-refractivity contribution in [1.29, 1.82) is 0 Å². The van der Waals surface area contributed by atoms with Crippen molar-refractivity contribution in [1.82, 2.24) is 0 Å². The summed E-state index contributed by atoms with van der Waals surface area (Å²) < 4.78 is 32.6. The molecule has 12 heteroatoms. The van der Waals surface area contributed by atoms with Crippen LogP contribution in [0.25, 0.3) is 0 Å². The molecule has 3 atom stereocenters. The van der Waals surface area contributed by atoms with Crippen LogP contribution in [-0.2, 0) is 37.5 Å². The van der Waals surface area contributed by atoms with Gasteiger partial charge in [0.1, 0.15) is 12.6 Å². The fourth-order valence-electron chi connectivity index (χ4n) is 5.38. The van der Waals surface area contributed by atoms with E-state index >= 15 is 0 Å². The van der Waals surface area contributed by atoms with E-state index < -0.39 is 51.1 Å². The van der Waals surface area contributed by atoms with Gasteiger partial charge in [-0.1, -0.05) is 170 Å². The Kier molecular flexibility index (Phi) is 37.6. The largest absolute Gasteiger partial charge is 0.480 e. The Morgan fingerprint density at radius 2 is 0.982 bits per heavy atom. The van der Waals surface area contributed by atoms with Crippen molar-refractivity contribution in [3.8, 4) is 0 Å². The van der Waals surface area contributed by atoms with Crippen LogP contribution in [0.5, 0.6) is 0 Å². The minimum absolute atomic E-state index is 0.0947. The number of nitrogens with two attached hydrogens (primary N) is 1. The summed E-state index contributed by atoms with van der Waals surface area (Å²) in [5, 5.41) is 8.88. The maximum Gasteiger partial charge on any atom is 0.472 e. The van der Waals surface area contributed by atoms with E-state index in [2.05, 4.69) is 79.1 Å². The predicted molar refractivity (Wildman–Crippen MR) is 231 cm³/mol. The molecule has 4 N–H and O–H groups in total. The SMILES string of the molecule is CC/C=C\C/C=C\C/C=C\C/C=C\C/C=C\C/C=C\CCC(=O)OC[C@H](COP(=O)(O)OC[C@H](N)C(=O)O)OC(=O)CCCCCCCCCCCCCCCC. The van der Waals surface area contributed by atoms with Gasteiger partial charge in [0.05, 0.1) is 13.2 Å². The molecule has 0 spiro atoms. The number of carbonyl (C=O) groups excluding carboxylic acids is 2. The van der Waals surface area contributed by atoms with Crippen LogP contribution in [0.4, 0.5) is 0 Å². The first-order valence-electron chi connectivity index (χ1n) is 21.5. The smallest absolute Gasteiger partial charge is 0.472 e. The van der Waals surface area contributed by atoms with Crippen LogP contribution >= 0.6 is 7.82 Å². The Morgan fingerprint density at radius 1 is 0.561 bits per heavy atom. The minimum Gasteiger partial charge on any atom is -0.480 e. The Labute approximate surface area is 344 Å². The monoisotopic (exact) mass is 822 g/mol. The summed E-state index contributed by atoms with van der Waals surface area (Å²) >= 11 is 0. The average Bonchev–Trinajstić information content (AvgIpc) is 3.19. The molecule has 0 radical (unpaired) electrons. The van der Waals surface area contributed by atoms with E-state index in [0.717, 1.165) is 57.8 Å². The maximum atomic E-state index is 12.6. The lowest BCUT2D eigenvalue weighted by Crippen LogP contribution is -2.34. The van der Waals surface area contributed by atoms with Gasteiger partial charge in [-0.2, -0.15) is 0 Å². The first-order valence-corrected chi connectivity index (χ1v) is 23.0. The summed E-state index contributed by atoms with van der Waals surface area (Å²) in [5.41, 5.74) is 5.32. The van der Waals surface area contributed by atoms with E-state index in [9.17, 15) is 23.8 Å². The number of allylic oxidation sites excluding steroid dienone is 12. The maximum absolute atomic E-state index is 12.6. The molecule has 0 aromatic rings. The second-order valence-electron chi connectivity index (χ2n) is 14.1. The van der Waals surface area contributed by atoms with Crippen molar-refractivity contribution < 1.29 is 47.5 Å². The number of carbonyl (C=O) groups is 3. The lowest BCUT2D eigenvalue weighted by atomic mass is 10.0. The number of aliphatic carboxylic acids is 1. The highest BCUT2D eigenvalue weighted by atomic mass is 31.2. The molecule has 0 bridgehead atoms. The highest BCUT2D eigenvalue weighted by molar-refractivity contribution is 7.47. The molecule has 0 fully saturated rings. The summed E-state index contributed by atoms with van der Waals surface area (Å²) in [6.45, 7) is 2.60. The molecule has 0 aromatic carbocycles. The van der Waals surface area contributed by atoms with Gasteiger partial charge in [-0.05, 0) is 51.4 Å². The zero-order valence-electron chi connectivity index (χ0n) is 35.2. The fraction of sp³-hybridized carbons (Fsp3) is 0.667. The third-order valence-electron chi connectivity index (χ3n) is 8.73. The van der Waals surface area contributed by atoms with Crippen LogP contribution < -0.4 is 5.73 Å². The fourth-order valence-corrected chi connectivity index (χ4v) is 6.16. The van der Waals surface area contributed by atoms with E-state index in [0.29, 0.717) is 12.8 Å². The second-order valence-corrected chi connectivity index (χ2v) is 15.6. The molecule has 326 valence electrons. The molecule has 0 amide bonds. The molecule has 57 heavy (non-hydrogen) atoms. The van der Waals surface area contributed by atoms with Gasteiger partial charge in [-0.25, -0.2) is 4.57 Å². The van der Waals surface area contributed by atoms with Crippen LogP contribution in [0, 0.1) is 0 Å². The van der Waals surface area contributed by atoms with Gasteiger partial charge in [0.15, 0.2) is 6.10 Å². The molecule has 0 aliphatic heterocycles. The Morgan fingerprint density at radius 3 is 1.44 bits per heavy atom. The van der Waals surface area contributed by atoms with Gasteiger partial charge in [-0.15, -0.1) is 0 Å². The van der Waals surface area contributed by atoms with E-state index in [1.165, 1.54) is 64.2 Å². The van der Waals surface area contributed by atoms with Crippen LogP contribution in [0.1, 0.15) is 162 Å². The van der Waals surface area contributed by atoms with Gasteiger partial charge in [0.25, 0.3) is 0 Å². The summed E-state index contributed by atoms with van der Waals surface area (Å²) in [6.07, 6.45) is 46.9. The molecule has 1 unspecified atom stereocenters. The highest BCUT2D eigenvalue weighted by Crippen LogP contribution is 2.43. The minimum atomic E-state index is -4.73. The predicted octanol–water partition coefficient (Wildman–Crippen LogP) is 11.3. The van der Waals surface area contributed by atoms with Gasteiger partial charge in [-0.3, -0.25) is 23.4 Å². The first-order chi connectivity index (χ1) is 27.6. The Hall–Kier alpha value is -3.08. The molecule has 0 aliphatic rings. The van der Waals surface area contributed by atoms with Crippen molar-refractivity contribution in [2.75, 3.05) is 19.8 Å². The van der Waals surface area contributed by atoms with Crippen LogP contribution in [0.15, 0.2) is 72.9 Å². The normalized spacial score (nSPS) is 14.5. The molecule has 0 heterocycles. The Balaban J connectivity index is 4.49. The number of carboxylic acids is 1. The Bertz CT molecular complexity index is 1240. The van der Waals surface area contributed by atoms with E-state index in [1.807, 2.05) is 12.2 Å². The summed E-state index contributed by atoms with van der Waals surface area (Å²) in [4.78, 5) is 45.9. The molecule has 0 aliphatic carbocycles. The summed E-state index contributed by atoms with van der Waals surface area (Å²) in [6, 6.07) is -1.53. The van der Waals surface area contributed by atoms with Crippen molar-refractivity contribution >= 4 is 25.7 Å². The molecule has 11 nitrogen and oxygen atoms in total. The van der Waals surface area contributed by atoms with E-state index in [-0.39, 0.29) is 19.4 Å². The molecular formula is C45H76NO10P. The van der Waals surface area contributed by atoms with Crippen molar-refractivity contribution in [3.63, 3.8) is 0 Å². The van der Waals surface area contributed by atoms with Crippen molar-refractivity contribution in [2.24, 2.45) is 5.73 Å². The third kappa shape index (κ3) is 39.5. The molecule has 0 saturated heterocycles. The van der Waals surface area contributed by atoms with Gasteiger partial charge >= 0.3 is 25.7 Å². The zero-order chi connectivity index (χ0) is 42.1. The number of phosphoric acid groups is 1. The quantitative estimate of drug-likeness (QED) is 0.0233. The average molecular weight is 822 g/mol. The molecule has 0 rings (SSSR count). The van der Waals surface area contributed by atoms with E-state index in [4.69, 9.17) is 24.8 Å². The number of ether oxygens (including phenoxy) is 2. The molecular weight excluding hydrogens is 745 g/mol. The third-order valence-corrected chi connectivity index (χ3v) is 9.68. The zero-order valence-corrected chi connectivity index (χ0v) is 36.0. The second kappa shape index (κ2) is 39.7. The standard InChI is InChI=1S/C45H76NO10P/c1-3-5-7-9-11-13-15-17-19-20-21-22-23-25-26-28-30-32-34-36-43(47)53-38-41(39-54-57(51,52)55-40-42(46)45(49)50)56-44(48)37-35-33-31-29-27-24-18-16-14-12-10-8-6-4-2/h5,7,11,13,17,19,21-22,25-26,30,32,41-42H,3-4,6,8-10,12,14-16,18,20,23-24,27-29,31,33-40,46H2,1-2H3,(H,49,50)(H,51,52)/b7-5-,13-11-,19-17-,22-21-,26-25-,32-30-/t41-,42+/m1/s1. The number of esters is 2. The topological polar surface area (TPSA) is 172 Å². The lowest BCUT2D eigenvalue weighted by molar-refractivity contribution is -0.161. The van der Waals surface area contributed by atoms with Crippen molar-refractivity contribution in [3.05, 3.63) is 72.9 Å².